The molecule has 0 saturated heterocycles. The molecule has 2 aromatic rings. The minimum absolute atomic E-state index is 0.0464. The molecule has 2 aromatic carbocycles. The van der Waals surface area contributed by atoms with E-state index in [1.54, 1.807) is 36.4 Å². The molecule has 7 heteroatoms. The van der Waals surface area contributed by atoms with Gasteiger partial charge in [-0.2, -0.15) is 5.26 Å². The second kappa shape index (κ2) is 7.49. The fraction of sp³-hybridized carbons (Fsp3) is 0.158. The molecule has 3 rings (SSSR count). The predicted molar refractivity (Wildman–Crippen MR) is 94.3 cm³/mol. The molecular formula is C19H16N2O5. The third-order valence-electron chi connectivity index (χ3n) is 3.71. The molecule has 1 N–H and O–H groups in total. The molecule has 0 aliphatic carbocycles. The summed E-state index contributed by atoms with van der Waals surface area (Å²) in [6.07, 6.45) is 1.48. The number of rotatable bonds is 5. The summed E-state index contributed by atoms with van der Waals surface area (Å²) in [4.78, 5) is 12.4. The maximum Gasteiger partial charge on any atom is 0.266 e. The maximum atomic E-state index is 12.4. The standard InChI is InChI=1S/C19H16N2O5/c1-23-15-5-3-12(8-17(15)24-2)7-13(10-20)19(22)21-14-4-6-16-18(9-14)26-11-25-16/h3-9H,11H2,1-2H3,(H,21,22)/b13-7+. The van der Waals surface area contributed by atoms with E-state index in [-0.39, 0.29) is 12.4 Å². The minimum Gasteiger partial charge on any atom is -0.493 e. The molecule has 0 atom stereocenters. The van der Waals surface area contributed by atoms with Crippen LogP contribution in [0.15, 0.2) is 42.0 Å². The monoisotopic (exact) mass is 352 g/mol. The normalized spacial score (nSPS) is 12.3. The van der Waals surface area contributed by atoms with E-state index in [2.05, 4.69) is 5.32 Å². The van der Waals surface area contributed by atoms with Gasteiger partial charge in [0.2, 0.25) is 6.79 Å². The second-order valence-electron chi connectivity index (χ2n) is 5.31. The molecule has 0 spiro atoms. The Labute approximate surface area is 150 Å². The molecule has 26 heavy (non-hydrogen) atoms. The van der Waals surface area contributed by atoms with E-state index in [0.29, 0.717) is 34.2 Å². The van der Waals surface area contributed by atoms with E-state index < -0.39 is 5.91 Å². The van der Waals surface area contributed by atoms with Gasteiger partial charge in [0, 0.05) is 11.8 Å². The van der Waals surface area contributed by atoms with Crippen LogP contribution in [0.3, 0.4) is 0 Å². The van der Waals surface area contributed by atoms with Crippen molar-refractivity contribution >= 4 is 17.7 Å². The Balaban J connectivity index is 1.80. The van der Waals surface area contributed by atoms with Crippen LogP contribution in [0.2, 0.25) is 0 Å². The average Bonchev–Trinajstić information content (AvgIpc) is 3.13. The Bertz CT molecular complexity index is 915. The van der Waals surface area contributed by atoms with Gasteiger partial charge in [0.1, 0.15) is 11.6 Å². The lowest BCUT2D eigenvalue weighted by atomic mass is 10.1. The molecule has 0 bridgehead atoms. The van der Waals surface area contributed by atoms with Gasteiger partial charge >= 0.3 is 0 Å². The largest absolute Gasteiger partial charge is 0.493 e. The molecule has 1 aliphatic heterocycles. The van der Waals surface area contributed by atoms with Crippen molar-refractivity contribution < 1.29 is 23.7 Å². The molecule has 0 unspecified atom stereocenters. The summed E-state index contributed by atoms with van der Waals surface area (Å²) >= 11 is 0. The number of anilines is 1. The quantitative estimate of drug-likeness (QED) is 0.657. The van der Waals surface area contributed by atoms with Crippen LogP contribution < -0.4 is 24.3 Å². The first-order valence-corrected chi connectivity index (χ1v) is 7.69. The second-order valence-corrected chi connectivity index (χ2v) is 5.31. The van der Waals surface area contributed by atoms with Gasteiger partial charge in [-0.3, -0.25) is 4.79 Å². The van der Waals surface area contributed by atoms with Crippen molar-refractivity contribution in [1.82, 2.24) is 0 Å². The van der Waals surface area contributed by atoms with Crippen molar-refractivity contribution in [2.24, 2.45) is 0 Å². The molecule has 132 valence electrons. The lowest BCUT2D eigenvalue weighted by Crippen LogP contribution is -2.13. The number of nitrogens with zero attached hydrogens (tertiary/aromatic N) is 1. The summed E-state index contributed by atoms with van der Waals surface area (Å²) < 4.78 is 20.9. The molecule has 0 fully saturated rings. The van der Waals surface area contributed by atoms with E-state index in [1.807, 2.05) is 6.07 Å². The molecule has 0 saturated carbocycles. The van der Waals surface area contributed by atoms with Crippen LogP contribution in [0.4, 0.5) is 5.69 Å². The summed E-state index contributed by atoms with van der Waals surface area (Å²) in [6.45, 7) is 0.148. The van der Waals surface area contributed by atoms with E-state index in [1.165, 1.54) is 20.3 Å². The van der Waals surface area contributed by atoms with Gasteiger partial charge in [-0.05, 0) is 35.9 Å². The van der Waals surface area contributed by atoms with Gasteiger partial charge in [-0.25, -0.2) is 0 Å². The zero-order valence-electron chi connectivity index (χ0n) is 14.2. The fourth-order valence-corrected chi connectivity index (χ4v) is 2.43. The summed E-state index contributed by atoms with van der Waals surface area (Å²) in [6, 6.07) is 12.0. The number of hydrogen-bond donors (Lipinski definition) is 1. The minimum atomic E-state index is -0.527. The van der Waals surface area contributed by atoms with Crippen LogP contribution in [0.5, 0.6) is 23.0 Å². The third kappa shape index (κ3) is 3.54. The highest BCUT2D eigenvalue weighted by Crippen LogP contribution is 2.34. The summed E-state index contributed by atoms with van der Waals surface area (Å²) in [7, 11) is 3.05. The van der Waals surface area contributed by atoms with Crippen LogP contribution in [-0.2, 0) is 4.79 Å². The number of benzene rings is 2. The van der Waals surface area contributed by atoms with Crippen molar-refractivity contribution in [2.75, 3.05) is 26.3 Å². The van der Waals surface area contributed by atoms with Gasteiger partial charge in [0.15, 0.2) is 23.0 Å². The van der Waals surface area contributed by atoms with Gasteiger partial charge in [-0.1, -0.05) is 6.07 Å². The summed E-state index contributed by atoms with van der Waals surface area (Å²) in [5.41, 5.74) is 1.10. The number of carbonyl (C=O) groups is 1. The van der Waals surface area contributed by atoms with Gasteiger partial charge < -0.3 is 24.3 Å². The zero-order chi connectivity index (χ0) is 18.5. The van der Waals surface area contributed by atoms with E-state index in [4.69, 9.17) is 18.9 Å². The van der Waals surface area contributed by atoms with Crippen molar-refractivity contribution in [3.63, 3.8) is 0 Å². The highest BCUT2D eigenvalue weighted by atomic mass is 16.7. The van der Waals surface area contributed by atoms with Crippen LogP contribution in [-0.4, -0.2) is 26.9 Å². The first-order chi connectivity index (χ1) is 12.6. The SMILES string of the molecule is COc1ccc(/C=C(\C#N)C(=O)Nc2ccc3c(c2)OCO3)cc1OC. The van der Waals surface area contributed by atoms with Crippen molar-refractivity contribution in [1.29, 1.82) is 5.26 Å². The van der Waals surface area contributed by atoms with E-state index >= 15 is 0 Å². The van der Waals surface area contributed by atoms with Crippen LogP contribution in [0.1, 0.15) is 5.56 Å². The van der Waals surface area contributed by atoms with Crippen LogP contribution in [0.25, 0.3) is 6.08 Å². The number of carbonyl (C=O) groups excluding carboxylic acids is 1. The van der Waals surface area contributed by atoms with E-state index in [9.17, 15) is 10.1 Å². The average molecular weight is 352 g/mol. The topological polar surface area (TPSA) is 89.8 Å². The predicted octanol–water partition coefficient (Wildman–Crippen LogP) is 2.98. The van der Waals surface area contributed by atoms with Gasteiger partial charge in [0.05, 0.1) is 14.2 Å². The third-order valence-corrected chi connectivity index (χ3v) is 3.71. The molecule has 1 amide bonds. The maximum absolute atomic E-state index is 12.4. The van der Waals surface area contributed by atoms with Crippen LogP contribution in [0, 0.1) is 11.3 Å². The number of nitrogens with one attached hydrogen (secondary N) is 1. The Kier molecular flexibility index (Phi) is 4.94. The molecule has 1 heterocycles. The van der Waals surface area contributed by atoms with E-state index in [0.717, 1.165) is 0 Å². The molecule has 7 nitrogen and oxygen atoms in total. The smallest absolute Gasteiger partial charge is 0.266 e. The first-order valence-electron chi connectivity index (χ1n) is 7.69. The first kappa shape index (κ1) is 17.2. The van der Waals surface area contributed by atoms with Crippen molar-refractivity contribution in [3.05, 3.63) is 47.5 Å². The molecule has 1 aliphatic rings. The van der Waals surface area contributed by atoms with Gasteiger partial charge in [0.25, 0.3) is 5.91 Å². The molecule has 0 aromatic heterocycles. The van der Waals surface area contributed by atoms with Gasteiger partial charge in [-0.15, -0.1) is 0 Å². The van der Waals surface area contributed by atoms with Crippen molar-refractivity contribution in [3.8, 4) is 29.1 Å². The zero-order valence-corrected chi connectivity index (χ0v) is 14.2. The summed E-state index contributed by atoms with van der Waals surface area (Å²) in [5, 5.41) is 12.0. The van der Waals surface area contributed by atoms with Crippen molar-refractivity contribution in [2.45, 2.75) is 0 Å². The fourth-order valence-electron chi connectivity index (χ4n) is 2.43. The highest BCUT2D eigenvalue weighted by Gasteiger charge is 2.16. The Morgan fingerprint density at radius 2 is 1.88 bits per heavy atom. The lowest BCUT2D eigenvalue weighted by molar-refractivity contribution is -0.112. The summed E-state index contributed by atoms with van der Waals surface area (Å²) in [5.74, 6) is 1.71. The molecule has 0 radical (unpaired) electrons. The number of ether oxygens (including phenoxy) is 4. The number of amides is 1. The number of hydrogen-bond acceptors (Lipinski definition) is 6. The van der Waals surface area contributed by atoms with Crippen LogP contribution >= 0.6 is 0 Å². The highest BCUT2D eigenvalue weighted by molar-refractivity contribution is 6.09. The number of methoxy groups -OCH3 is 2. The number of nitriles is 1. The lowest BCUT2D eigenvalue weighted by Gasteiger charge is -2.08. The molecular weight excluding hydrogens is 336 g/mol. The Morgan fingerprint density at radius 3 is 2.62 bits per heavy atom. The Morgan fingerprint density at radius 1 is 1.12 bits per heavy atom. The number of fused-ring (bicyclic) bond motifs is 1. The Hall–Kier alpha value is -3.66.